The summed E-state index contributed by atoms with van der Waals surface area (Å²) in [7, 11) is 0. The molecule has 0 spiro atoms. The van der Waals surface area contributed by atoms with Gasteiger partial charge in [-0.3, -0.25) is 4.98 Å². The molecule has 0 radical (unpaired) electrons. The number of aromatic nitrogens is 3. The van der Waals surface area contributed by atoms with E-state index >= 15 is 0 Å². The highest BCUT2D eigenvalue weighted by Gasteiger charge is 2.10. The maximum absolute atomic E-state index is 4.56. The summed E-state index contributed by atoms with van der Waals surface area (Å²) in [5, 5.41) is 3.31. The summed E-state index contributed by atoms with van der Waals surface area (Å²) in [4.78, 5) is 13.4. The first kappa shape index (κ1) is 13.9. The Morgan fingerprint density at radius 1 is 1.21 bits per heavy atom. The number of hydrogen-bond acceptors (Lipinski definition) is 4. The van der Waals surface area contributed by atoms with E-state index in [1.807, 2.05) is 32.2 Å². The SMILES string of the molecule is CCCNc1nc(-c2ccc(C)nc2)nc(C)c1Br. The highest BCUT2D eigenvalue weighted by atomic mass is 79.9. The van der Waals surface area contributed by atoms with Gasteiger partial charge in [0.2, 0.25) is 0 Å². The Morgan fingerprint density at radius 3 is 2.63 bits per heavy atom. The highest BCUT2D eigenvalue weighted by molar-refractivity contribution is 9.10. The van der Waals surface area contributed by atoms with Crippen molar-refractivity contribution in [3.8, 4) is 11.4 Å². The van der Waals surface area contributed by atoms with Crippen LogP contribution in [0.3, 0.4) is 0 Å². The molecule has 2 aromatic rings. The molecular weight excluding hydrogens is 304 g/mol. The Labute approximate surface area is 121 Å². The zero-order valence-corrected chi connectivity index (χ0v) is 13.0. The molecule has 0 unspecified atom stereocenters. The molecule has 4 nitrogen and oxygen atoms in total. The second-order valence-corrected chi connectivity index (χ2v) is 5.20. The van der Waals surface area contributed by atoms with E-state index in [4.69, 9.17) is 0 Å². The molecule has 0 fully saturated rings. The Kier molecular flexibility index (Phi) is 4.47. The van der Waals surface area contributed by atoms with Crippen molar-refractivity contribution in [2.75, 3.05) is 11.9 Å². The van der Waals surface area contributed by atoms with Gasteiger partial charge in [0.25, 0.3) is 0 Å². The Morgan fingerprint density at radius 2 is 2.00 bits per heavy atom. The lowest BCUT2D eigenvalue weighted by Crippen LogP contribution is -2.06. The summed E-state index contributed by atoms with van der Waals surface area (Å²) in [5.74, 6) is 1.54. The second kappa shape index (κ2) is 6.10. The van der Waals surface area contributed by atoms with E-state index in [2.05, 4.69) is 43.1 Å². The molecule has 0 aliphatic carbocycles. The van der Waals surface area contributed by atoms with Crippen LogP contribution in [0.1, 0.15) is 24.7 Å². The molecule has 2 aromatic heterocycles. The lowest BCUT2D eigenvalue weighted by molar-refractivity contribution is 0.958. The van der Waals surface area contributed by atoms with Crippen LogP contribution in [-0.2, 0) is 0 Å². The van der Waals surface area contributed by atoms with Crippen LogP contribution >= 0.6 is 15.9 Å². The smallest absolute Gasteiger partial charge is 0.163 e. The topological polar surface area (TPSA) is 50.7 Å². The minimum absolute atomic E-state index is 0.701. The van der Waals surface area contributed by atoms with Gasteiger partial charge in [-0.1, -0.05) is 6.92 Å². The first-order chi connectivity index (χ1) is 9.11. The summed E-state index contributed by atoms with van der Waals surface area (Å²) < 4.78 is 0.921. The fourth-order valence-electron chi connectivity index (χ4n) is 1.65. The maximum atomic E-state index is 4.56. The number of halogens is 1. The number of rotatable bonds is 4. The van der Waals surface area contributed by atoms with E-state index in [0.29, 0.717) is 5.82 Å². The molecule has 0 aliphatic rings. The van der Waals surface area contributed by atoms with Crippen LogP contribution in [0, 0.1) is 13.8 Å². The lowest BCUT2D eigenvalue weighted by atomic mass is 10.2. The molecule has 0 saturated carbocycles. The average molecular weight is 321 g/mol. The quantitative estimate of drug-likeness (QED) is 0.932. The first-order valence-corrected chi connectivity index (χ1v) is 7.12. The maximum Gasteiger partial charge on any atom is 0.163 e. The van der Waals surface area contributed by atoms with E-state index in [1.54, 1.807) is 0 Å². The van der Waals surface area contributed by atoms with Gasteiger partial charge >= 0.3 is 0 Å². The van der Waals surface area contributed by atoms with Gasteiger partial charge in [0.05, 0.1) is 10.2 Å². The van der Waals surface area contributed by atoms with Crippen LogP contribution in [0.5, 0.6) is 0 Å². The number of pyridine rings is 1. The van der Waals surface area contributed by atoms with Gasteiger partial charge in [-0.05, 0) is 48.3 Å². The van der Waals surface area contributed by atoms with Gasteiger partial charge in [-0.15, -0.1) is 0 Å². The van der Waals surface area contributed by atoms with Crippen molar-refractivity contribution in [3.05, 3.63) is 34.2 Å². The number of anilines is 1. The molecule has 100 valence electrons. The molecule has 0 bridgehead atoms. The molecule has 0 amide bonds. The Hall–Kier alpha value is -1.49. The van der Waals surface area contributed by atoms with Gasteiger partial charge in [-0.25, -0.2) is 9.97 Å². The molecule has 1 N–H and O–H groups in total. The minimum Gasteiger partial charge on any atom is -0.369 e. The Balaban J connectivity index is 2.40. The molecule has 0 atom stereocenters. The van der Waals surface area contributed by atoms with Crippen molar-refractivity contribution < 1.29 is 0 Å². The van der Waals surface area contributed by atoms with Crippen LogP contribution in [0.15, 0.2) is 22.8 Å². The number of aryl methyl sites for hydroxylation is 2. The molecule has 0 aromatic carbocycles. The largest absolute Gasteiger partial charge is 0.369 e. The van der Waals surface area contributed by atoms with Gasteiger partial charge in [0.15, 0.2) is 5.82 Å². The van der Waals surface area contributed by atoms with Crippen molar-refractivity contribution in [2.45, 2.75) is 27.2 Å². The molecule has 2 heterocycles. The molecule has 0 aliphatic heterocycles. The molecule has 0 saturated heterocycles. The normalized spacial score (nSPS) is 10.5. The standard InChI is InChI=1S/C14H17BrN4/c1-4-7-16-14-12(15)10(3)18-13(19-14)11-6-5-9(2)17-8-11/h5-6,8H,4,7H2,1-3H3,(H,16,18,19). The number of hydrogen-bond donors (Lipinski definition) is 1. The van der Waals surface area contributed by atoms with Crippen molar-refractivity contribution in [3.63, 3.8) is 0 Å². The summed E-state index contributed by atoms with van der Waals surface area (Å²) in [6, 6.07) is 3.96. The van der Waals surface area contributed by atoms with Crippen LogP contribution in [0.4, 0.5) is 5.82 Å². The lowest BCUT2D eigenvalue weighted by Gasteiger charge is -2.10. The van der Waals surface area contributed by atoms with Crippen LogP contribution in [0.25, 0.3) is 11.4 Å². The van der Waals surface area contributed by atoms with E-state index < -0.39 is 0 Å². The fraction of sp³-hybridized carbons (Fsp3) is 0.357. The van der Waals surface area contributed by atoms with Crippen molar-refractivity contribution in [1.82, 2.24) is 15.0 Å². The number of nitrogens with zero attached hydrogens (tertiary/aromatic N) is 3. The molecular formula is C14H17BrN4. The second-order valence-electron chi connectivity index (χ2n) is 4.41. The van der Waals surface area contributed by atoms with E-state index in [-0.39, 0.29) is 0 Å². The zero-order valence-electron chi connectivity index (χ0n) is 11.4. The number of nitrogens with one attached hydrogen (secondary N) is 1. The molecule has 2 rings (SSSR count). The van der Waals surface area contributed by atoms with Gasteiger partial charge in [0, 0.05) is 24.0 Å². The summed E-state index contributed by atoms with van der Waals surface area (Å²) in [5.41, 5.74) is 2.84. The average Bonchev–Trinajstić information content (AvgIpc) is 2.41. The minimum atomic E-state index is 0.701. The molecule has 19 heavy (non-hydrogen) atoms. The van der Waals surface area contributed by atoms with Crippen molar-refractivity contribution in [1.29, 1.82) is 0 Å². The predicted molar refractivity (Wildman–Crippen MR) is 81.2 cm³/mol. The highest BCUT2D eigenvalue weighted by Crippen LogP contribution is 2.26. The van der Waals surface area contributed by atoms with Crippen LogP contribution in [-0.4, -0.2) is 21.5 Å². The summed E-state index contributed by atoms with van der Waals surface area (Å²) in [6.07, 6.45) is 2.86. The Bertz CT molecular complexity index is 566. The van der Waals surface area contributed by atoms with E-state index in [0.717, 1.165) is 40.2 Å². The summed E-state index contributed by atoms with van der Waals surface area (Å²) >= 11 is 3.53. The first-order valence-electron chi connectivity index (χ1n) is 6.33. The third-order valence-corrected chi connectivity index (χ3v) is 3.68. The predicted octanol–water partition coefficient (Wildman–Crippen LogP) is 3.74. The third kappa shape index (κ3) is 3.29. The monoisotopic (exact) mass is 320 g/mol. The van der Waals surface area contributed by atoms with Crippen LogP contribution in [0.2, 0.25) is 0 Å². The van der Waals surface area contributed by atoms with Crippen molar-refractivity contribution >= 4 is 21.7 Å². The third-order valence-electron chi connectivity index (χ3n) is 2.73. The zero-order chi connectivity index (χ0) is 13.8. The van der Waals surface area contributed by atoms with E-state index in [9.17, 15) is 0 Å². The van der Waals surface area contributed by atoms with Gasteiger partial charge < -0.3 is 5.32 Å². The van der Waals surface area contributed by atoms with E-state index in [1.165, 1.54) is 0 Å². The van der Waals surface area contributed by atoms with Gasteiger partial charge in [-0.2, -0.15) is 0 Å². The van der Waals surface area contributed by atoms with Crippen LogP contribution < -0.4 is 5.32 Å². The van der Waals surface area contributed by atoms with Crippen molar-refractivity contribution in [2.24, 2.45) is 0 Å². The van der Waals surface area contributed by atoms with Gasteiger partial charge in [0.1, 0.15) is 5.82 Å². The fourth-order valence-corrected chi connectivity index (χ4v) is 1.97. The summed E-state index contributed by atoms with van der Waals surface area (Å²) in [6.45, 7) is 6.94. The molecule has 5 heteroatoms.